The highest BCUT2D eigenvalue weighted by Gasteiger charge is 2.62. The summed E-state index contributed by atoms with van der Waals surface area (Å²) in [4.78, 5) is 101. The fraction of sp³-hybridized carbons (Fsp3) is 0.759. The fourth-order valence-corrected chi connectivity index (χ4v) is 11.6. The van der Waals surface area contributed by atoms with Crippen molar-refractivity contribution in [3.63, 3.8) is 0 Å². The minimum atomic E-state index is -5.81. The number of aliphatic hydroxyl groups excluding tert-OH is 10. The van der Waals surface area contributed by atoms with Crippen molar-refractivity contribution in [1.29, 1.82) is 0 Å². The van der Waals surface area contributed by atoms with E-state index in [0.29, 0.717) is 12.8 Å². The van der Waals surface area contributed by atoms with Gasteiger partial charge in [-0.05, 0) is 47.5 Å². The third-order valence-electron chi connectivity index (χ3n) is 15.8. The van der Waals surface area contributed by atoms with Crippen molar-refractivity contribution in [3.8, 4) is 0 Å². The molecule has 94 heavy (non-hydrogen) atoms. The summed E-state index contributed by atoms with van der Waals surface area (Å²) in [6.45, 7) is 5.82. The lowest BCUT2D eigenvalue weighted by atomic mass is 9.85. The van der Waals surface area contributed by atoms with Crippen LogP contribution in [0.5, 0.6) is 0 Å². The smallest absolute Gasteiger partial charge is 0.474 e. The van der Waals surface area contributed by atoms with Crippen LogP contribution in [0.15, 0.2) is 34.8 Å². The van der Waals surface area contributed by atoms with Gasteiger partial charge in [0.15, 0.2) is 67.8 Å². The van der Waals surface area contributed by atoms with Gasteiger partial charge in [0.2, 0.25) is 17.7 Å². The van der Waals surface area contributed by atoms with Crippen LogP contribution >= 0.6 is 7.82 Å². The first-order valence-electron chi connectivity index (χ1n) is 29.4. The molecule has 5 heterocycles. The Hall–Kier alpha value is -5.38. The second-order valence-electron chi connectivity index (χ2n) is 23.4. The van der Waals surface area contributed by atoms with E-state index < -0.39 is 240 Å². The van der Waals surface area contributed by atoms with E-state index in [1.807, 2.05) is 19.9 Å². The van der Waals surface area contributed by atoms with E-state index in [0.717, 1.165) is 31.9 Å². The second-order valence-corrected chi connectivity index (χ2v) is 24.8. The second kappa shape index (κ2) is 33.2. The molecule has 0 saturated carbocycles. The average molecular weight is 1380 g/mol. The van der Waals surface area contributed by atoms with Gasteiger partial charge in [0.1, 0.15) is 102 Å². The SMILES string of the molecule is CC(=O)NC1[C@H](O[C@@H]2C(CO[C@@H]3OC(CO)[C@@H](O)[C@H](O)C3O)O[C@@H](OC3[C@H](OP(=O)(O)OC[C@@H](OC/C=C(/C)CCC=C(C)C)C(=O)O)OC(C(N)=O)[C@@](C)(O)[C@@H]3OC(N)=O)C(NC(C)=O)[C@H]2O)OC(C)[C@@H](O[C@@H]2OC(C(=O)NC3=C(O)CCC3=O)[C@H](O)[C@H](O)C2O)[C@@H]1O. The Morgan fingerprint density at radius 2 is 1.30 bits per heavy atom. The van der Waals surface area contributed by atoms with Gasteiger partial charge in [0.05, 0.1) is 32.5 Å². The topological polar surface area (TPSA) is 608 Å². The Kier molecular flexibility index (Phi) is 27.5. The lowest BCUT2D eigenvalue weighted by Crippen LogP contribution is -2.72. The van der Waals surface area contributed by atoms with Crippen LogP contribution in [0.1, 0.15) is 74.1 Å². The van der Waals surface area contributed by atoms with Gasteiger partial charge in [-0.1, -0.05) is 23.3 Å². The number of phosphoric acid groups is 1. The molecule has 6 aliphatic rings. The van der Waals surface area contributed by atoms with Gasteiger partial charge >= 0.3 is 19.9 Å². The number of carboxylic acids is 1. The first-order chi connectivity index (χ1) is 43.9. The maximum Gasteiger partial charge on any atom is 0.474 e. The minimum absolute atomic E-state index is 0.125. The number of nitrogens with two attached hydrogens (primary N) is 2. The first kappa shape index (κ1) is 77.6. The molecule has 534 valence electrons. The number of amides is 5. The number of carboxylic acid groups (broad SMARTS) is 1. The van der Waals surface area contributed by atoms with Crippen molar-refractivity contribution in [2.45, 2.75) is 233 Å². The Balaban J connectivity index is 1.34. The monoisotopic (exact) mass is 1380 g/mol. The van der Waals surface area contributed by atoms with Crippen molar-refractivity contribution in [2.75, 3.05) is 26.4 Å². The number of ketones is 1. The molecule has 5 aliphatic heterocycles. The lowest BCUT2D eigenvalue weighted by molar-refractivity contribution is -0.375. The van der Waals surface area contributed by atoms with Crippen LogP contribution in [-0.4, -0.2) is 293 Å². The Morgan fingerprint density at radius 3 is 1.86 bits per heavy atom. The molecule has 20 N–H and O–H groups in total. The molecule has 0 radical (unpaired) electrons. The Labute approximate surface area is 535 Å². The fourth-order valence-electron chi connectivity index (χ4n) is 10.8. The van der Waals surface area contributed by atoms with Crippen molar-refractivity contribution >= 4 is 49.3 Å². The van der Waals surface area contributed by atoms with Gasteiger partial charge < -0.3 is 146 Å². The van der Waals surface area contributed by atoms with Crippen LogP contribution < -0.4 is 27.4 Å². The average Bonchev–Trinajstić information content (AvgIpc) is 0.826. The Bertz CT molecular complexity index is 2830. The number of hydrogen-bond acceptors (Lipinski definition) is 32. The molecular formula is C54H84N5O34P. The van der Waals surface area contributed by atoms with Gasteiger partial charge in [-0.2, -0.15) is 0 Å². The van der Waals surface area contributed by atoms with Gasteiger partial charge in [-0.15, -0.1) is 0 Å². The quantitative estimate of drug-likeness (QED) is 0.0256. The third-order valence-corrected chi connectivity index (χ3v) is 16.7. The zero-order chi connectivity index (χ0) is 70.2. The van der Waals surface area contributed by atoms with E-state index in [2.05, 4.69) is 16.0 Å². The zero-order valence-corrected chi connectivity index (χ0v) is 52.6. The highest BCUT2D eigenvalue weighted by atomic mass is 31.2. The number of aliphatic carboxylic acids is 1. The number of carbonyl (C=O) groups is 7. The number of phosphoric ester groups is 1. The van der Waals surface area contributed by atoms with Crippen molar-refractivity contribution in [3.05, 3.63) is 34.8 Å². The number of hydrogen-bond donors (Lipinski definition) is 18. The molecule has 5 fully saturated rings. The van der Waals surface area contributed by atoms with Crippen molar-refractivity contribution in [2.24, 2.45) is 11.5 Å². The summed E-state index contributed by atoms with van der Waals surface area (Å²) in [5.41, 5.74) is 9.42. The highest BCUT2D eigenvalue weighted by Crippen LogP contribution is 2.49. The third kappa shape index (κ3) is 19.3. The summed E-state index contributed by atoms with van der Waals surface area (Å²) in [7, 11) is -5.81. The van der Waals surface area contributed by atoms with E-state index in [9.17, 15) is 104 Å². The van der Waals surface area contributed by atoms with Crippen LogP contribution in [0.2, 0.25) is 0 Å². The largest absolute Gasteiger partial charge is 0.510 e. The van der Waals surface area contributed by atoms with Crippen LogP contribution in [0.25, 0.3) is 0 Å². The van der Waals surface area contributed by atoms with E-state index in [1.54, 1.807) is 13.0 Å². The zero-order valence-electron chi connectivity index (χ0n) is 51.7. The highest BCUT2D eigenvalue weighted by molar-refractivity contribution is 7.47. The standard InChI is InChI=1S/C54H84N5O34P/c1-18(2)9-8-10-19(3)13-14-81-27(47(75)76)17-83-94(79,80)93-52-42(43(92-53(56)77)54(7,78)44(91-52)45(55)73)90-49-30(58-22(6)62)33(67)40(26(86-49)16-82-50-37(71)34(68)31(65)25(15-60)85-50)88-48-29(57-21(5)61)32(66)39(20(4)84-48)87-51-38(72)35(69)36(70)41(89-51)46(74)59-28-23(63)11-12-24(28)64/h9,13,20,25-27,29-44,48-52,60,63,65-72,78H,8,10-12,14-17H2,1-7H3,(H2,55,73)(H2,56,77)(H,57,61)(H,58,62)(H,59,74)(H,75,76)(H,79,80)/b19-13-/t20?,25?,26?,27-,29?,30?,31-,32-,33-,34+,35+,36-,37?,38?,39-,40-,41?,42?,43-,44?,48+,49+,50-,51-,52+,54+/m1/s1. The maximum absolute atomic E-state index is 13.9. The molecule has 39 nitrogen and oxygen atoms in total. The number of carbonyl (C=O) groups excluding carboxylic acids is 6. The number of rotatable bonds is 28. The molecule has 5 saturated heterocycles. The van der Waals surface area contributed by atoms with Crippen LogP contribution in [-0.2, 0) is 94.5 Å². The number of Topliss-reactive ketones (excluding diaryl/α,β-unsaturated/α-hetero) is 1. The predicted octanol–water partition coefficient (Wildman–Crippen LogP) is -7.06. The summed E-state index contributed by atoms with van der Waals surface area (Å²) in [6.07, 6.45) is -46.2. The number of primary amides is 2. The van der Waals surface area contributed by atoms with E-state index in [4.69, 9.17) is 72.6 Å². The molecule has 11 unspecified atom stereocenters. The van der Waals surface area contributed by atoms with Crippen LogP contribution in [0, 0.1) is 0 Å². The molecule has 5 amide bonds. The molecule has 0 spiro atoms. The summed E-state index contributed by atoms with van der Waals surface area (Å²) in [6, 6.07) is -3.98. The summed E-state index contributed by atoms with van der Waals surface area (Å²) in [5, 5.41) is 138. The van der Waals surface area contributed by atoms with E-state index in [1.165, 1.54) is 6.92 Å². The summed E-state index contributed by atoms with van der Waals surface area (Å²) >= 11 is 0. The molecule has 6 rings (SSSR count). The molecule has 0 aromatic heterocycles. The molecule has 0 bridgehead atoms. The van der Waals surface area contributed by atoms with Crippen LogP contribution in [0.3, 0.4) is 0 Å². The van der Waals surface area contributed by atoms with Gasteiger partial charge in [-0.25, -0.2) is 14.2 Å². The summed E-state index contributed by atoms with van der Waals surface area (Å²) < 4.78 is 88.0. The lowest BCUT2D eigenvalue weighted by Gasteiger charge is -2.52. The normalized spacial score (nSPS) is 39.0. The molecule has 1 aliphatic carbocycles. The van der Waals surface area contributed by atoms with Gasteiger partial charge in [0, 0.05) is 26.7 Å². The number of allylic oxidation sites excluding steroid dienone is 5. The van der Waals surface area contributed by atoms with Crippen molar-refractivity contribution in [1.82, 2.24) is 16.0 Å². The predicted molar refractivity (Wildman–Crippen MR) is 303 cm³/mol. The van der Waals surface area contributed by atoms with E-state index >= 15 is 0 Å². The maximum atomic E-state index is 13.9. The van der Waals surface area contributed by atoms with E-state index in [-0.39, 0.29) is 19.4 Å². The number of nitrogens with one attached hydrogen (secondary N) is 3. The van der Waals surface area contributed by atoms with Gasteiger partial charge in [-0.3, -0.25) is 33.0 Å². The molecule has 0 aromatic rings. The first-order valence-corrected chi connectivity index (χ1v) is 30.9. The van der Waals surface area contributed by atoms with Gasteiger partial charge in [0.25, 0.3) is 5.91 Å². The molecular weight excluding hydrogens is 1290 g/mol. The summed E-state index contributed by atoms with van der Waals surface area (Å²) in [5.74, 6) is -7.64. The Morgan fingerprint density at radius 1 is 0.723 bits per heavy atom. The number of aliphatic hydroxyl groups is 11. The van der Waals surface area contributed by atoms with Crippen molar-refractivity contribution < 1.29 is 165 Å². The van der Waals surface area contributed by atoms with Crippen LogP contribution in [0.4, 0.5) is 4.79 Å². The molecule has 27 atom stereocenters. The molecule has 40 heteroatoms. The molecule has 0 aromatic carbocycles. The minimum Gasteiger partial charge on any atom is -0.510 e. The number of ether oxygens (including phenoxy) is 11.